The van der Waals surface area contributed by atoms with Gasteiger partial charge in [0.1, 0.15) is 0 Å². The Labute approximate surface area is 58.8 Å². The van der Waals surface area contributed by atoms with Crippen LogP contribution in [0.15, 0.2) is 0 Å². The first kappa shape index (κ1) is 6.52. The monoisotopic (exact) mass is 178 g/mol. The summed E-state index contributed by atoms with van der Waals surface area (Å²) < 4.78 is 2.17. The minimum absolute atomic E-state index is 1.15. The second-order valence-corrected chi connectivity index (χ2v) is 3.22. The number of rotatable bonds is 0. The fourth-order valence-corrected chi connectivity index (χ4v) is 1.10. The first-order valence-corrected chi connectivity index (χ1v) is 3.59. The third-order valence-electron chi connectivity index (χ3n) is 1.45. The van der Waals surface area contributed by atoms with Crippen LogP contribution in [0.1, 0.15) is 0 Å². The molecule has 0 aliphatic carbocycles. The van der Waals surface area contributed by atoms with Crippen LogP contribution in [0.5, 0.6) is 0 Å². The molecular formula is C5H11BrN2. The van der Waals surface area contributed by atoms with Crippen molar-refractivity contribution >= 4 is 16.1 Å². The molecule has 0 unspecified atom stereocenters. The van der Waals surface area contributed by atoms with Gasteiger partial charge in [-0.15, -0.1) is 0 Å². The van der Waals surface area contributed by atoms with Crippen molar-refractivity contribution in [1.82, 2.24) is 8.83 Å². The molecular weight excluding hydrogens is 168 g/mol. The van der Waals surface area contributed by atoms with Gasteiger partial charge in [0.15, 0.2) is 0 Å². The molecule has 0 radical (unpaired) electrons. The molecule has 0 bridgehead atoms. The van der Waals surface area contributed by atoms with E-state index < -0.39 is 0 Å². The Kier molecular flexibility index (Phi) is 2.28. The molecule has 2 nitrogen and oxygen atoms in total. The molecule has 0 spiro atoms. The van der Waals surface area contributed by atoms with Gasteiger partial charge in [-0.3, -0.25) is 0 Å². The molecule has 1 fully saturated rings. The normalized spacial score (nSPS) is 26.2. The molecule has 0 amide bonds. The molecule has 0 aromatic carbocycles. The lowest BCUT2D eigenvalue weighted by Crippen LogP contribution is -2.39. The molecule has 0 aromatic heterocycles. The van der Waals surface area contributed by atoms with E-state index in [4.69, 9.17) is 0 Å². The Balaban J connectivity index is 2.19. The van der Waals surface area contributed by atoms with Crippen LogP contribution in [-0.2, 0) is 0 Å². The van der Waals surface area contributed by atoms with E-state index in [1.165, 1.54) is 13.1 Å². The SMILES string of the molecule is CN1CCN(Br)CC1. The largest absolute Gasteiger partial charge is 0.304 e. The summed E-state index contributed by atoms with van der Waals surface area (Å²) in [5.41, 5.74) is 0. The van der Waals surface area contributed by atoms with Gasteiger partial charge in [0, 0.05) is 42.3 Å². The maximum absolute atomic E-state index is 3.42. The fraction of sp³-hybridized carbons (Fsp3) is 1.00. The highest BCUT2D eigenvalue weighted by Crippen LogP contribution is 2.02. The van der Waals surface area contributed by atoms with E-state index in [0.29, 0.717) is 0 Å². The van der Waals surface area contributed by atoms with E-state index in [1.807, 2.05) is 0 Å². The van der Waals surface area contributed by atoms with Gasteiger partial charge in [-0.1, -0.05) is 0 Å². The van der Waals surface area contributed by atoms with Gasteiger partial charge in [-0.25, -0.2) is 3.93 Å². The van der Waals surface area contributed by atoms with Crippen LogP contribution in [0.2, 0.25) is 0 Å². The number of nitrogens with zero attached hydrogens (tertiary/aromatic N) is 2. The Hall–Kier alpha value is 0.400. The fourth-order valence-electron chi connectivity index (χ4n) is 0.782. The lowest BCUT2D eigenvalue weighted by atomic mass is 10.4. The van der Waals surface area contributed by atoms with E-state index in [2.05, 4.69) is 32.0 Å². The highest BCUT2D eigenvalue weighted by Gasteiger charge is 2.09. The van der Waals surface area contributed by atoms with Crippen LogP contribution in [0.25, 0.3) is 0 Å². The van der Waals surface area contributed by atoms with Gasteiger partial charge >= 0.3 is 0 Å². The number of halogens is 1. The Bertz CT molecular complexity index is 58.8. The summed E-state index contributed by atoms with van der Waals surface area (Å²) in [5.74, 6) is 0. The minimum atomic E-state index is 1.15. The van der Waals surface area contributed by atoms with E-state index in [0.717, 1.165) is 13.1 Å². The summed E-state index contributed by atoms with van der Waals surface area (Å²) >= 11 is 3.42. The summed E-state index contributed by atoms with van der Waals surface area (Å²) in [6.45, 7) is 4.67. The van der Waals surface area contributed by atoms with Crippen LogP contribution in [0, 0.1) is 0 Å². The third-order valence-corrected chi connectivity index (χ3v) is 2.16. The zero-order chi connectivity index (χ0) is 5.98. The van der Waals surface area contributed by atoms with Gasteiger partial charge in [0.05, 0.1) is 0 Å². The molecule has 1 saturated heterocycles. The summed E-state index contributed by atoms with van der Waals surface area (Å²) in [5, 5.41) is 0. The molecule has 8 heavy (non-hydrogen) atoms. The van der Waals surface area contributed by atoms with Crippen LogP contribution < -0.4 is 0 Å². The van der Waals surface area contributed by atoms with Gasteiger partial charge in [-0.05, 0) is 7.05 Å². The standard InChI is InChI=1S/C5H11BrN2/c1-7-2-4-8(6)5-3-7/h2-5H2,1H3. The molecule has 0 saturated carbocycles. The van der Waals surface area contributed by atoms with E-state index in [1.54, 1.807) is 0 Å². The number of piperazine rings is 1. The summed E-state index contributed by atoms with van der Waals surface area (Å²) in [6.07, 6.45) is 0. The molecule has 1 rings (SSSR count). The van der Waals surface area contributed by atoms with Crippen molar-refractivity contribution in [2.24, 2.45) is 0 Å². The van der Waals surface area contributed by atoms with Crippen molar-refractivity contribution in [2.75, 3.05) is 33.2 Å². The number of hydrogen-bond donors (Lipinski definition) is 0. The molecule has 3 heteroatoms. The predicted octanol–water partition coefficient (Wildman–Crippen LogP) is 0.544. The topological polar surface area (TPSA) is 6.48 Å². The second-order valence-electron chi connectivity index (χ2n) is 2.21. The lowest BCUT2D eigenvalue weighted by molar-refractivity contribution is 0.238. The first-order valence-electron chi connectivity index (χ1n) is 2.88. The van der Waals surface area contributed by atoms with Crippen LogP contribution >= 0.6 is 16.1 Å². The van der Waals surface area contributed by atoms with Crippen LogP contribution in [0.4, 0.5) is 0 Å². The van der Waals surface area contributed by atoms with E-state index >= 15 is 0 Å². The molecule has 1 aliphatic heterocycles. The van der Waals surface area contributed by atoms with Crippen molar-refractivity contribution in [3.8, 4) is 0 Å². The van der Waals surface area contributed by atoms with Gasteiger partial charge in [0.2, 0.25) is 0 Å². The van der Waals surface area contributed by atoms with Crippen molar-refractivity contribution in [2.45, 2.75) is 0 Å². The third kappa shape index (κ3) is 1.73. The zero-order valence-corrected chi connectivity index (χ0v) is 6.69. The molecule has 1 aliphatic rings. The maximum atomic E-state index is 3.42. The summed E-state index contributed by atoms with van der Waals surface area (Å²) in [4.78, 5) is 2.33. The van der Waals surface area contributed by atoms with E-state index in [9.17, 15) is 0 Å². The predicted molar refractivity (Wildman–Crippen MR) is 38.0 cm³/mol. The molecule has 48 valence electrons. The average Bonchev–Trinajstić information content (AvgIpc) is 1.77. The average molecular weight is 179 g/mol. The van der Waals surface area contributed by atoms with Gasteiger partial charge in [-0.2, -0.15) is 0 Å². The lowest BCUT2D eigenvalue weighted by Gasteiger charge is -2.27. The highest BCUT2D eigenvalue weighted by atomic mass is 79.9. The number of likely N-dealkylation sites (N-methyl/N-ethyl adjacent to an activating group) is 1. The summed E-state index contributed by atoms with van der Waals surface area (Å²) in [7, 11) is 2.15. The van der Waals surface area contributed by atoms with Crippen LogP contribution in [0.3, 0.4) is 0 Å². The summed E-state index contributed by atoms with van der Waals surface area (Å²) in [6, 6.07) is 0. The Morgan fingerprint density at radius 2 is 1.62 bits per heavy atom. The van der Waals surface area contributed by atoms with Crippen molar-refractivity contribution < 1.29 is 0 Å². The Morgan fingerprint density at radius 1 is 1.12 bits per heavy atom. The first-order chi connectivity index (χ1) is 3.79. The Morgan fingerprint density at radius 3 is 2.00 bits per heavy atom. The molecule has 0 aromatic rings. The molecule has 0 atom stereocenters. The maximum Gasteiger partial charge on any atom is 0.0221 e. The van der Waals surface area contributed by atoms with Gasteiger partial charge < -0.3 is 4.90 Å². The van der Waals surface area contributed by atoms with Crippen molar-refractivity contribution in [3.05, 3.63) is 0 Å². The van der Waals surface area contributed by atoms with Crippen LogP contribution in [-0.4, -0.2) is 42.1 Å². The highest BCUT2D eigenvalue weighted by molar-refractivity contribution is 9.07. The van der Waals surface area contributed by atoms with E-state index in [-0.39, 0.29) is 0 Å². The quantitative estimate of drug-likeness (QED) is 0.501. The second kappa shape index (κ2) is 2.80. The van der Waals surface area contributed by atoms with Crippen molar-refractivity contribution in [1.29, 1.82) is 0 Å². The molecule has 1 heterocycles. The zero-order valence-electron chi connectivity index (χ0n) is 5.10. The molecule has 0 N–H and O–H groups in total. The minimum Gasteiger partial charge on any atom is -0.304 e. The van der Waals surface area contributed by atoms with Crippen molar-refractivity contribution in [3.63, 3.8) is 0 Å². The number of hydrogen-bond acceptors (Lipinski definition) is 2. The smallest absolute Gasteiger partial charge is 0.0221 e. The van der Waals surface area contributed by atoms with Gasteiger partial charge in [0.25, 0.3) is 0 Å².